The quantitative estimate of drug-likeness (QED) is 0.508. The van der Waals surface area contributed by atoms with Gasteiger partial charge in [0.25, 0.3) is 0 Å². The summed E-state index contributed by atoms with van der Waals surface area (Å²) in [4.78, 5) is 32.7. The van der Waals surface area contributed by atoms with E-state index in [1.807, 2.05) is 0 Å². The highest BCUT2D eigenvalue weighted by atomic mass is 16.2. The van der Waals surface area contributed by atoms with Crippen molar-refractivity contribution in [3.8, 4) is 0 Å². The maximum atomic E-state index is 11.1. The Labute approximate surface area is 64.0 Å². The van der Waals surface area contributed by atoms with E-state index in [1.165, 1.54) is 6.92 Å². The predicted molar refractivity (Wildman–Crippen MR) is 36.8 cm³/mol. The molecular weight excluding hydrogens is 146 g/mol. The number of hydrogen-bond acceptors (Lipinski definition) is 3. The minimum absolute atomic E-state index is 0.317. The highest BCUT2D eigenvalue weighted by molar-refractivity contribution is 6.23. The summed E-state index contributed by atoms with van der Waals surface area (Å²) in [6.07, 6.45) is 0. The summed E-state index contributed by atoms with van der Waals surface area (Å²) in [5.74, 6) is -2.21. The first-order valence-electron chi connectivity index (χ1n) is 3.38. The third kappa shape index (κ3) is 1.15. The summed E-state index contributed by atoms with van der Waals surface area (Å²) in [6.45, 7) is 2.82. The van der Waals surface area contributed by atoms with E-state index in [4.69, 9.17) is 0 Å². The van der Waals surface area contributed by atoms with E-state index in [9.17, 15) is 14.4 Å². The van der Waals surface area contributed by atoms with Crippen LogP contribution in [-0.4, -0.2) is 23.5 Å². The monoisotopic (exact) mass is 155 g/mol. The average molecular weight is 155 g/mol. The molecule has 60 valence electrons. The first-order chi connectivity index (χ1) is 5.04. The van der Waals surface area contributed by atoms with Crippen LogP contribution in [0.5, 0.6) is 0 Å². The molecular formula is C7H9NO3. The van der Waals surface area contributed by atoms with E-state index in [0.717, 1.165) is 0 Å². The Balaban J connectivity index is 2.88. The molecule has 0 radical (unpaired) electrons. The average Bonchev–Trinajstić information content (AvgIpc) is 2.07. The van der Waals surface area contributed by atoms with Crippen molar-refractivity contribution >= 4 is 17.5 Å². The second-order valence-corrected chi connectivity index (χ2v) is 2.68. The number of amides is 1. The molecule has 1 rings (SSSR count). The van der Waals surface area contributed by atoms with Crippen LogP contribution in [-0.2, 0) is 14.4 Å². The summed E-state index contributed by atoms with van der Waals surface area (Å²) in [5.41, 5.74) is 0. The fraction of sp³-hybridized carbons (Fsp3) is 0.571. The van der Waals surface area contributed by atoms with Gasteiger partial charge in [0.1, 0.15) is 5.78 Å². The van der Waals surface area contributed by atoms with Crippen LogP contribution < -0.4 is 5.32 Å². The molecule has 1 amide bonds. The number of carbonyl (C=O) groups is 3. The van der Waals surface area contributed by atoms with Gasteiger partial charge >= 0.3 is 0 Å². The van der Waals surface area contributed by atoms with Crippen molar-refractivity contribution in [1.82, 2.24) is 5.32 Å². The Bertz CT molecular complexity index is 234. The van der Waals surface area contributed by atoms with Gasteiger partial charge in [-0.2, -0.15) is 0 Å². The molecule has 2 atom stereocenters. The molecule has 1 aliphatic rings. The lowest BCUT2D eigenvalue weighted by molar-refractivity contribution is -0.135. The maximum absolute atomic E-state index is 11.1. The highest BCUT2D eigenvalue weighted by Gasteiger charge is 2.41. The third-order valence-corrected chi connectivity index (χ3v) is 1.74. The van der Waals surface area contributed by atoms with E-state index < -0.39 is 17.9 Å². The number of nitrogens with one attached hydrogen (secondary N) is 1. The second kappa shape index (κ2) is 2.45. The van der Waals surface area contributed by atoms with Crippen LogP contribution in [0.3, 0.4) is 0 Å². The van der Waals surface area contributed by atoms with Crippen LogP contribution in [0.2, 0.25) is 0 Å². The van der Waals surface area contributed by atoms with E-state index in [-0.39, 0.29) is 11.6 Å². The van der Waals surface area contributed by atoms with E-state index >= 15 is 0 Å². The summed E-state index contributed by atoms with van der Waals surface area (Å²) in [6, 6.07) is -0.503. The molecule has 1 aliphatic heterocycles. The van der Waals surface area contributed by atoms with Gasteiger partial charge in [-0.3, -0.25) is 14.4 Å². The molecule has 1 saturated heterocycles. The number of Topliss-reactive ketones (excluding diaryl/α,β-unsaturated/α-hetero) is 2. The first-order valence-corrected chi connectivity index (χ1v) is 3.38. The van der Waals surface area contributed by atoms with Crippen LogP contribution >= 0.6 is 0 Å². The molecule has 4 nitrogen and oxygen atoms in total. The van der Waals surface area contributed by atoms with E-state index in [0.29, 0.717) is 0 Å². The van der Waals surface area contributed by atoms with E-state index in [2.05, 4.69) is 5.32 Å². The molecule has 4 heteroatoms. The summed E-state index contributed by atoms with van der Waals surface area (Å²) < 4.78 is 0. The van der Waals surface area contributed by atoms with Crippen molar-refractivity contribution < 1.29 is 14.4 Å². The van der Waals surface area contributed by atoms with Crippen molar-refractivity contribution in [1.29, 1.82) is 0 Å². The van der Waals surface area contributed by atoms with Crippen LogP contribution in [0.1, 0.15) is 13.8 Å². The smallest absolute Gasteiger partial charge is 0.238 e. The van der Waals surface area contributed by atoms with Crippen LogP contribution in [0.25, 0.3) is 0 Å². The molecule has 0 aliphatic carbocycles. The van der Waals surface area contributed by atoms with Gasteiger partial charge in [-0.1, -0.05) is 0 Å². The Morgan fingerprint density at radius 1 is 1.45 bits per heavy atom. The molecule has 0 aromatic heterocycles. The predicted octanol–water partition coefficient (Wildman–Crippen LogP) is -0.721. The topological polar surface area (TPSA) is 63.2 Å². The van der Waals surface area contributed by atoms with Gasteiger partial charge in [0, 0.05) is 0 Å². The molecule has 0 spiro atoms. The minimum Gasteiger partial charge on any atom is -0.346 e. The van der Waals surface area contributed by atoms with Crippen molar-refractivity contribution in [3.63, 3.8) is 0 Å². The van der Waals surface area contributed by atoms with E-state index in [1.54, 1.807) is 6.92 Å². The Hall–Kier alpha value is -1.19. The summed E-state index contributed by atoms with van der Waals surface area (Å²) in [5, 5.41) is 2.39. The van der Waals surface area contributed by atoms with Gasteiger partial charge in [0.05, 0.1) is 6.04 Å². The lowest BCUT2D eigenvalue weighted by Gasteiger charge is -1.97. The molecule has 0 aromatic carbocycles. The number of rotatable bonds is 1. The molecule has 1 unspecified atom stereocenters. The van der Waals surface area contributed by atoms with Gasteiger partial charge < -0.3 is 5.32 Å². The lowest BCUT2D eigenvalue weighted by atomic mass is 10.0. The summed E-state index contributed by atoms with van der Waals surface area (Å²) in [7, 11) is 0. The Kier molecular flexibility index (Phi) is 1.76. The number of hydrogen-bond donors (Lipinski definition) is 1. The van der Waals surface area contributed by atoms with Crippen LogP contribution in [0.4, 0.5) is 0 Å². The second-order valence-electron chi connectivity index (χ2n) is 2.68. The van der Waals surface area contributed by atoms with Crippen molar-refractivity contribution in [2.45, 2.75) is 19.9 Å². The minimum atomic E-state index is -1.05. The fourth-order valence-corrected chi connectivity index (χ4v) is 1.13. The Morgan fingerprint density at radius 3 is 2.18 bits per heavy atom. The maximum Gasteiger partial charge on any atom is 0.238 e. The first kappa shape index (κ1) is 7.91. The number of carbonyl (C=O) groups excluding carboxylic acids is 3. The van der Waals surface area contributed by atoms with Gasteiger partial charge in [0.15, 0.2) is 11.7 Å². The normalized spacial score (nSPS) is 30.4. The van der Waals surface area contributed by atoms with Crippen LogP contribution in [0.15, 0.2) is 0 Å². The SMILES string of the molecule is CC(=O)C1C(=O)N[C@@H](C)C1=O. The third-order valence-electron chi connectivity index (χ3n) is 1.74. The lowest BCUT2D eigenvalue weighted by Crippen LogP contribution is -2.25. The van der Waals surface area contributed by atoms with Gasteiger partial charge in [0.2, 0.25) is 5.91 Å². The number of ketones is 2. The molecule has 1 heterocycles. The summed E-state index contributed by atoms with van der Waals surface area (Å²) >= 11 is 0. The highest BCUT2D eigenvalue weighted by Crippen LogP contribution is 2.11. The van der Waals surface area contributed by atoms with Crippen molar-refractivity contribution in [2.75, 3.05) is 0 Å². The molecule has 0 bridgehead atoms. The molecule has 0 aromatic rings. The zero-order chi connectivity index (χ0) is 8.59. The zero-order valence-electron chi connectivity index (χ0n) is 6.38. The van der Waals surface area contributed by atoms with Crippen molar-refractivity contribution in [2.24, 2.45) is 5.92 Å². The molecule has 1 fully saturated rings. The molecule has 11 heavy (non-hydrogen) atoms. The fourth-order valence-electron chi connectivity index (χ4n) is 1.13. The van der Waals surface area contributed by atoms with Gasteiger partial charge in [-0.05, 0) is 13.8 Å². The molecule has 1 N–H and O–H groups in total. The van der Waals surface area contributed by atoms with Gasteiger partial charge in [-0.25, -0.2) is 0 Å². The largest absolute Gasteiger partial charge is 0.346 e. The standard InChI is InChI=1S/C7H9NO3/c1-3-6(10)5(4(2)9)7(11)8-3/h3,5H,1-2H3,(H,8,11)/t3-,5?/m0/s1. The zero-order valence-corrected chi connectivity index (χ0v) is 6.38. The molecule has 0 saturated carbocycles. The Morgan fingerprint density at radius 2 is 2.00 bits per heavy atom. The van der Waals surface area contributed by atoms with Crippen LogP contribution in [0, 0.1) is 5.92 Å². The van der Waals surface area contributed by atoms with Crippen molar-refractivity contribution in [3.05, 3.63) is 0 Å². The van der Waals surface area contributed by atoms with Gasteiger partial charge in [-0.15, -0.1) is 0 Å².